The second-order valence-electron chi connectivity index (χ2n) is 4.22. The van der Waals surface area contributed by atoms with Crippen LogP contribution in [0, 0.1) is 0 Å². The van der Waals surface area contributed by atoms with Crippen LogP contribution < -0.4 is 5.32 Å². The first-order valence-corrected chi connectivity index (χ1v) is 6.70. The van der Waals surface area contributed by atoms with Gasteiger partial charge < -0.3 is 4.42 Å². The maximum Gasteiger partial charge on any atom is 0.260 e. The molecule has 0 aliphatic carbocycles. The first kappa shape index (κ1) is 12.6. The largest absolute Gasteiger partial charge is 0.472 e. The minimum Gasteiger partial charge on any atom is -0.472 e. The number of aromatic nitrogens is 1. The number of carbonyl (C=O) groups is 2. The monoisotopic (exact) mass is 286 g/mol. The highest BCUT2D eigenvalue weighted by atomic mass is 32.1. The van der Waals surface area contributed by atoms with E-state index in [1.54, 1.807) is 24.3 Å². The van der Waals surface area contributed by atoms with Crippen LogP contribution in [-0.4, -0.2) is 16.7 Å². The summed E-state index contributed by atoms with van der Waals surface area (Å²) < 4.78 is 5.72. The van der Waals surface area contributed by atoms with Crippen molar-refractivity contribution in [2.45, 2.75) is 6.92 Å². The number of carbonyl (C=O) groups excluding carboxylic acids is 2. The average molecular weight is 286 g/mol. The van der Waals surface area contributed by atoms with E-state index in [-0.39, 0.29) is 11.7 Å². The average Bonchev–Trinajstić information content (AvgIpc) is 3.06. The Morgan fingerprint density at radius 1 is 1.25 bits per heavy atom. The molecule has 2 heterocycles. The molecule has 0 spiro atoms. The summed E-state index contributed by atoms with van der Waals surface area (Å²) in [6.45, 7) is 1.52. The van der Waals surface area contributed by atoms with Crippen molar-refractivity contribution in [1.82, 2.24) is 4.98 Å². The zero-order chi connectivity index (χ0) is 14.1. The zero-order valence-corrected chi connectivity index (χ0v) is 11.4. The predicted octanol–water partition coefficient (Wildman–Crippen LogP) is 3.34. The molecule has 0 saturated carbocycles. The number of rotatable bonds is 3. The number of anilines is 1. The highest BCUT2D eigenvalue weighted by Crippen LogP contribution is 2.27. The second-order valence-corrected chi connectivity index (χ2v) is 5.25. The van der Waals surface area contributed by atoms with Crippen molar-refractivity contribution >= 4 is 38.4 Å². The van der Waals surface area contributed by atoms with Gasteiger partial charge in [-0.15, -0.1) is 0 Å². The summed E-state index contributed by atoms with van der Waals surface area (Å²) in [6.07, 6.45) is 2.81. The molecule has 0 atom stereocenters. The standard InChI is InChI=1S/C14H10N2O3S/c1-8(17)9-2-3-11-12(6-9)20-14(15-11)16-13(18)10-4-5-19-7-10/h2-7H,1H3,(H,15,16,18). The number of Topliss-reactive ketones (excluding diaryl/α,β-unsaturated/α-hetero) is 1. The molecule has 1 N–H and O–H groups in total. The fourth-order valence-corrected chi connectivity index (χ4v) is 2.66. The summed E-state index contributed by atoms with van der Waals surface area (Å²) in [4.78, 5) is 27.5. The molecule has 0 bridgehead atoms. The minimum absolute atomic E-state index is 0.00397. The third-order valence-corrected chi connectivity index (χ3v) is 3.73. The van der Waals surface area contributed by atoms with E-state index in [0.717, 1.165) is 10.2 Å². The third kappa shape index (κ3) is 2.33. The highest BCUT2D eigenvalue weighted by molar-refractivity contribution is 7.22. The van der Waals surface area contributed by atoms with E-state index in [1.165, 1.54) is 30.8 Å². The van der Waals surface area contributed by atoms with Gasteiger partial charge in [0.15, 0.2) is 10.9 Å². The topological polar surface area (TPSA) is 72.2 Å². The van der Waals surface area contributed by atoms with Crippen LogP contribution in [0.25, 0.3) is 10.2 Å². The summed E-state index contributed by atoms with van der Waals surface area (Å²) in [5.41, 5.74) is 1.82. The minimum atomic E-state index is -0.274. The maximum absolute atomic E-state index is 11.9. The first-order valence-electron chi connectivity index (χ1n) is 5.88. The Hall–Kier alpha value is -2.47. The molecule has 1 aromatic carbocycles. The van der Waals surface area contributed by atoms with Gasteiger partial charge in [-0.05, 0) is 31.2 Å². The Morgan fingerprint density at radius 2 is 2.10 bits per heavy atom. The lowest BCUT2D eigenvalue weighted by Crippen LogP contribution is -2.10. The molecule has 3 rings (SSSR count). The van der Waals surface area contributed by atoms with E-state index in [1.807, 2.05) is 0 Å². The molecule has 1 amide bonds. The van der Waals surface area contributed by atoms with Crippen LogP contribution in [0.4, 0.5) is 5.13 Å². The molecule has 0 saturated heterocycles. The predicted molar refractivity (Wildman–Crippen MR) is 76.3 cm³/mol. The molecule has 0 unspecified atom stereocenters. The van der Waals surface area contributed by atoms with Crippen molar-refractivity contribution in [3.8, 4) is 0 Å². The molecule has 0 radical (unpaired) electrons. The zero-order valence-electron chi connectivity index (χ0n) is 10.5. The molecular formula is C14H10N2O3S. The van der Waals surface area contributed by atoms with Crippen LogP contribution in [0.1, 0.15) is 27.6 Å². The summed E-state index contributed by atoms with van der Waals surface area (Å²) in [7, 11) is 0. The van der Waals surface area contributed by atoms with Gasteiger partial charge in [0, 0.05) is 5.56 Å². The van der Waals surface area contributed by atoms with Crippen LogP contribution >= 0.6 is 11.3 Å². The summed E-state index contributed by atoms with van der Waals surface area (Å²) >= 11 is 1.33. The van der Waals surface area contributed by atoms with Crippen molar-refractivity contribution in [2.24, 2.45) is 0 Å². The number of amides is 1. The number of furan rings is 1. The fraction of sp³-hybridized carbons (Fsp3) is 0.0714. The van der Waals surface area contributed by atoms with Crippen LogP contribution in [0.5, 0.6) is 0 Å². The molecular weight excluding hydrogens is 276 g/mol. The molecule has 6 heteroatoms. The van der Waals surface area contributed by atoms with Gasteiger partial charge in [0.05, 0.1) is 22.0 Å². The van der Waals surface area contributed by atoms with E-state index in [0.29, 0.717) is 16.3 Å². The molecule has 0 aliphatic heterocycles. The van der Waals surface area contributed by atoms with Gasteiger partial charge in [0.1, 0.15) is 6.26 Å². The van der Waals surface area contributed by atoms with Gasteiger partial charge >= 0.3 is 0 Å². The maximum atomic E-state index is 11.9. The summed E-state index contributed by atoms with van der Waals surface area (Å²) in [5, 5.41) is 3.20. The van der Waals surface area contributed by atoms with Crippen LogP contribution in [0.2, 0.25) is 0 Å². The quantitative estimate of drug-likeness (QED) is 0.749. The van der Waals surface area contributed by atoms with E-state index < -0.39 is 0 Å². The smallest absolute Gasteiger partial charge is 0.260 e. The number of nitrogens with one attached hydrogen (secondary N) is 1. The summed E-state index contributed by atoms with van der Waals surface area (Å²) in [6, 6.07) is 6.86. The van der Waals surface area contributed by atoms with E-state index in [2.05, 4.69) is 10.3 Å². The highest BCUT2D eigenvalue weighted by Gasteiger charge is 2.11. The Morgan fingerprint density at radius 3 is 2.80 bits per heavy atom. The van der Waals surface area contributed by atoms with Crippen molar-refractivity contribution in [3.05, 3.63) is 47.9 Å². The Labute approximate surface area is 118 Å². The van der Waals surface area contributed by atoms with Crippen molar-refractivity contribution in [1.29, 1.82) is 0 Å². The van der Waals surface area contributed by atoms with Crippen molar-refractivity contribution in [3.63, 3.8) is 0 Å². The normalized spacial score (nSPS) is 10.7. The third-order valence-electron chi connectivity index (χ3n) is 2.80. The number of thiazole rings is 1. The van der Waals surface area contributed by atoms with Gasteiger partial charge in [-0.2, -0.15) is 0 Å². The number of nitrogens with zero attached hydrogens (tertiary/aromatic N) is 1. The lowest BCUT2D eigenvalue weighted by molar-refractivity contribution is 0.101. The first-order chi connectivity index (χ1) is 9.63. The molecule has 100 valence electrons. The van der Waals surface area contributed by atoms with Gasteiger partial charge in [-0.3, -0.25) is 14.9 Å². The molecule has 5 nitrogen and oxygen atoms in total. The number of fused-ring (bicyclic) bond motifs is 1. The van der Waals surface area contributed by atoms with Crippen LogP contribution in [-0.2, 0) is 0 Å². The number of benzene rings is 1. The number of hydrogen-bond acceptors (Lipinski definition) is 5. The molecule has 0 aliphatic rings. The lowest BCUT2D eigenvalue weighted by Gasteiger charge is -1.96. The molecule has 3 aromatic rings. The van der Waals surface area contributed by atoms with Gasteiger partial charge in [0.2, 0.25) is 0 Å². The summed E-state index contributed by atoms with van der Waals surface area (Å²) in [5.74, 6) is -0.270. The lowest BCUT2D eigenvalue weighted by atomic mass is 10.1. The Kier molecular flexibility index (Phi) is 3.08. The van der Waals surface area contributed by atoms with Crippen LogP contribution in [0.15, 0.2) is 41.2 Å². The van der Waals surface area contributed by atoms with Crippen LogP contribution in [0.3, 0.4) is 0 Å². The second kappa shape index (κ2) is 4.90. The Bertz CT molecular complexity index is 790. The van der Waals surface area contributed by atoms with Crippen molar-refractivity contribution < 1.29 is 14.0 Å². The van der Waals surface area contributed by atoms with Crippen molar-refractivity contribution in [2.75, 3.05) is 5.32 Å². The van der Waals surface area contributed by atoms with E-state index in [9.17, 15) is 9.59 Å². The number of ketones is 1. The van der Waals surface area contributed by atoms with Gasteiger partial charge in [-0.25, -0.2) is 4.98 Å². The fourth-order valence-electron chi connectivity index (χ4n) is 1.76. The molecule has 0 fully saturated rings. The molecule has 2 aromatic heterocycles. The molecule has 20 heavy (non-hydrogen) atoms. The Balaban J connectivity index is 1.89. The van der Waals surface area contributed by atoms with E-state index in [4.69, 9.17) is 4.42 Å². The SMILES string of the molecule is CC(=O)c1ccc2nc(NC(=O)c3ccoc3)sc2c1. The van der Waals surface area contributed by atoms with E-state index >= 15 is 0 Å². The van der Waals surface area contributed by atoms with Gasteiger partial charge in [0.25, 0.3) is 5.91 Å². The number of hydrogen-bond donors (Lipinski definition) is 1. The van der Waals surface area contributed by atoms with Gasteiger partial charge in [-0.1, -0.05) is 11.3 Å².